The van der Waals surface area contributed by atoms with Crippen LogP contribution < -0.4 is 0 Å². The third-order valence-electron chi connectivity index (χ3n) is 6.03. The third-order valence-corrected chi connectivity index (χ3v) is 6.03. The van der Waals surface area contributed by atoms with Crippen LogP contribution in [0.5, 0.6) is 0 Å². The van der Waals surface area contributed by atoms with Crippen LogP contribution in [0.1, 0.15) is 48.6 Å². The van der Waals surface area contributed by atoms with Crippen molar-refractivity contribution < 1.29 is 14.7 Å². The number of carbonyl (C=O) groups is 2. The van der Waals surface area contributed by atoms with Crippen LogP contribution >= 0.6 is 0 Å². The normalized spacial score (nSPS) is 18.2. The molecule has 3 rings (SSSR count). The molecule has 1 heterocycles. The van der Waals surface area contributed by atoms with Crippen molar-refractivity contribution in [1.82, 2.24) is 9.80 Å². The van der Waals surface area contributed by atoms with Gasteiger partial charge in [0.25, 0.3) is 11.7 Å². The summed E-state index contributed by atoms with van der Waals surface area (Å²) in [5, 5.41) is 11.1. The fourth-order valence-corrected chi connectivity index (χ4v) is 4.08. The van der Waals surface area contributed by atoms with Gasteiger partial charge in [0.2, 0.25) is 0 Å². The Labute approximate surface area is 185 Å². The summed E-state index contributed by atoms with van der Waals surface area (Å²) in [6, 6.07) is 14.6. The highest BCUT2D eigenvalue weighted by Gasteiger charge is 2.45. The number of benzene rings is 2. The van der Waals surface area contributed by atoms with Gasteiger partial charge in [-0.15, -0.1) is 0 Å². The molecule has 1 saturated heterocycles. The van der Waals surface area contributed by atoms with Crippen molar-refractivity contribution in [2.75, 3.05) is 26.2 Å². The molecule has 1 atom stereocenters. The van der Waals surface area contributed by atoms with Crippen LogP contribution in [-0.4, -0.2) is 52.8 Å². The molecule has 1 amide bonds. The second kappa shape index (κ2) is 9.92. The fraction of sp³-hybridized carbons (Fsp3) is 0.385. The lowest BCUT2D eigenvalue weighted by Crippen LogP contribution is -2.33. The number of aliphatic hydroxyl groups is 1. The van der Waals surface area contributed by atoms with Crippen LogP contribution in [0, 0.1) is 13.8 Å². The van der Waals surface area contributed by atoms with E-state index in [1.807, 2.05) is 50.2 Å². The van der Waals surface area contributed by atoms with E-state index in [0.717, 1.165) is 42.7 Å². The summed E-state index contributed by atoms with van der Waals surface area (Å²) in [7, 11) is 0. The van der Waals surface area contributed by atoms with Crippen molar-refractivity contribution in [3.8, 4) is 0 Å². The van der Waals surface area contributed by atoms with Gasteiger partial charge in [0.15, 0.2) is 0 Å². The summed E-state index contributed by atoms with van der Waals surface area (Å²) in [6.07, 6.45) is 0.766. The second-order valence-electron chi connectivity index (χ2n) is 8.15. The molecule has 1 N–H and O–H groups in total. The first-order chi connectivity index (χ1) is 14.9. The standard InChI is InChI=1S/C26H32N2O3/c1-5-27(6-2)16-7-17-28-23(20-12-8-18(3)9-13-20)22(25(30)26(28)31)24(29)21-14-10-19(4)11-15-21/h8-15,23,29H,5-7,16-17H2,1-4H3/b24-22-. The van der Waals surface area contributed by atoms with Crippen molar-refractivity contribution in [2.24, 2.45) is 0 Å². The van der Waals surface area contributed by atoms with E-state index in [2.05, 4.69) is 18.7 Å². The molecule has 31 heavy (non-hydrogen) atoms. The number of rotatable bonds is 8. The smallest absolute Gasteiger partial charge is 0.295 e. The van der Waals surface area contributed by atoms with Crippen LogP contribution in [0.15, 0.2) is 54.1 Å². The van der Waals surface area contributed by atoms with Gasteiger partial charge >= 0.3 is 0 Å². The van der Waals surface area contributed by atoms with Gasteiger partial charge in [-0.2, -0.15) is 0 Å². The Balaban J connectivity index is 2.01. The van der Waals surface area contributed by atoms with Crippen LogP contribution in [0.25, 0.3) is 5.76 Å². The minimum atomic E-state index is -0.619. The van der Waals surface area contributed by atoms with Crippen molar-refractivity contribution in [1.29, 1.82) is 0 Å². The van der Waals surface area contributed by atoms with Gasteiger partial charge in [-0.05, 0) is 45.5 Å². The number of likely N-dealkylation sites (tertiary alicyclic amines) is 1. The average molecular weight is 421 g/mol. The molecule has 1 fully saturated rings. The van der Waals surface area contributed by atoms with Gasteiger partial charge in [-0.25, -0.2) is 0 Å². The zero-order valence-corrected chi connectivity index (χ0v) is 18.9. The van der Waals surface area contributed by atoms with Crippen molar-refractivity contribution in [3.05, 3.63) is 76.4 Å². The summed E-state index contributed by atoms with van der Waals surface area (Å²) in [5.41, 5.74) is 3.70. The molecule has 1 aliphatic heterocycles. The first-order valence-electron chi connectivity index (χ1n) is 11.0. The number of ketones is 1. The van der Waals surface area contributed by atoms with Gasteiger partial charge in [0.05, 0.1) is 11.6 Å². The van der Waals surface area contributed by atoms with Gasteiger partial charge in [-0.1, -0.05) is 73.5 Å². The van der Waals surface area contributed by atoms with Crippen molar-refractivity contribution >= 4 is 17.4 Å². The fourth-order valence-electron chi connectivity index (χ4n) is 4.08. The van der Waals surface area contributed by atoms with Crippen LogP contribution in [0.2, 0.25) is 0 Å². The third kappa shape index (κ3) is 4.88. The monoisotopic (exact) mass is 420 g/mol. The number of nitrogens with zero attached hydrogens (tertiary/aromatic N) is 2. The van der Waals surface area contributed by atoms with E-state index in [0.29, 0.717) is 12.1 Å². The molecular weight excluding hydrogens is 388 g/mol. The maximum Gasteiger partial charge on any atom is 0.295 e. The zero-order valence-electron chi connectivity index (χ0n) is 18.9. The Kier molecular flexibility index (Phi) is 7.29. The van der Waals surface area contributed by atoms with E-state index in [1.165, 1.54) is 0 Å². The number of hydrogen-bond donors (Lipinski definition) is 1. The highest BCUT2D eigenvalue weighted by molar-refractivity contribution is 6.46. The largest absolute Gasteiger partial charge is 0.507 e. The molecular formula is C26H32N2O3. The molecule has 2 aromatic rings. The molecule has 5 heteroatoms. The molecule has 0 aromatic heterocycles. The lowest BCUT2D eigenvalue weighted by atomic mass is 9.94. The Morgan fingerprint density at radius 3 is 2.03 bits per heavy atom. The molecule has 1 unspecified atom stereocenters. The second-order valence-corrected chi connectivity index (χ2v) is 8.15. The zero-order chi connectivity index (χ0) is 22.5. The quantitative estimate of drug-likeness (QED) is 0.389. The highest BCUT2D eigenvalue weighted by Crippen LogP contribution is 2.39. The van der Waals surface area contributed by atoms with E-state index in [9.17, 15) is 14.7 Å². The number of Topliss-reactive ketones (excluding diaryl/α,β-unsaturated/α-hetero) is 1. The van der Waals surface area contributed by atoms with Gasteiger partial charge < -0.3 is 14.9 Å². The van der Waals surface area contributed by atoms with E-state index in [1.54, 1.807) is 17.0 Å². The van der Waals surface area contributed by atoms with Gasteiger partial charge in [-0.3, -0.25) is 9.59 Å². The Bertz CT molecular complexity index is 957. The Hall–Kier alpha value is -2.92. The predicted molar refractivity (Wildman–Crippen MR) is 124 cm³/mol. The number of amides is 1. The molecule has 0 saturated carbocycles. The average Bonchev–Trinajstić information content (AvgIpc) is 3.02. The van der Waals surface area contributed by atoms with Crippen molar-refractivity contribution in [3.63, 3.8) is 0 Å². The molecule has 0 spiro atoms. The van der Waals surface area contributed by atoms with Crippen LogP contribution in [0.4, 0.5) is 0 Å². The first kappa shape index (κ1) is 22.8. The molecule has 0 bridgehead atoms. The maximum absolute atomic E-state index is 13.0. The van der Waals surface area contributed by atoms with Crippen LogP contribution in [0.3, 0.4) is 0 Å². The topological polar surface area (TPSA) is 60.9 Å². The molecule has 164 valence electrons. The van der Waals surface area contributed by atoms with Crippen LogP contribution in [-0.2, 0) is 9.59 Å². The molecule has 0 radical (unpaired) electrons. The number of aryl methyl sites for hydroxylation is 2. The summed E-state index contributed by atoms with van der Waals surface area (Å²) >= 11 is 0. The molecule has 5 nitrogen and oxygen atoms in total. The summed E-state index contributed by atoms with van der Waals surface area (Å²) in [5.74, 6) is -1.28. The minimum absolute atomic E-state index is 0.116. The molecule has 0 aliphatic carbocycles. The number of carbonyl (C=O) groups excluding carboxylic acids is 2. The van der Waals surface area contributed by atoms with E-state index >= 15 is 0 Å². The van der Waals surface area contributed by atoms with E-state index < -0.39 is 17.7 Å². The Morgan fingerprint density at radius 1 is 0.935 bits per heavy atom. The van der Waals surface area contributed by atoms with Crippen molar-refractivity contribution in [2.45, 2.75) is 40.2 Å². The number of aliphatic hydroxyl groups excluding tert-OH is 1. The highest BCUT2D eigenvalue weighted by atomic mass is 16.3. The summed E-state index contributed by atoms with van der Waals surface area (Å²) in [6.45, 7) is 11.4. The first-order valence-corrected chi connectivity index (χ1v) is 11.0. The summed E-state index contributed by atoms with van der Waals surface area (Å²) in [4.78, 5) is 29.9. The number of hydrogen-bond acceptors (Lipinski definition) is 4. The molecule has 1 aliphatic rings. The lowest BCUT2D eigenvalue weighted by Gasteiger charge is -2.27. The minimum Gasteiger partial charge on any atom is -0.507 e. The van der Waals surface area contributed by atoms with Gasteiger partial charge in [0.1, 0.15) is 5.76 Å². The maximum atomic E-state index is 13.0. The predicted octanol–water partition coefficient (Wildman–Crippen LogP) is 4.46. The molecule has 2 aromatic carbocycles. The summed E-state index contributed by atoms with van der Waals surface area (Å²) < 4.78 is 0. The van der Waals surface area contributed by atoms with E-state index in [-0.39, 0.29) is 11.3 Å². The van der Waals surface area contributed by atoms with E-state index in [4.69, 9.17) is 0 Å². The van der Waals surface area contributed by atoms with Gasteiger partial charge in [0, 0.05) is 12.1 Å². The lowest BCUT2D eigenvalue weighted by molar-refractivity contribution is -0.140. The Morgan fingerprint density at radius 2 is 1.48 bits per heavy atom. The SMILES string of the molecule is CCN(CC)CCCN1C(=O)C(=O)/C(=C(\O)c2ccc(C)cc2)C1c1ccc(C)cc1.